The summed E-state index contributed by atoms with van der Waals surface area (Å²) in [6.07, 6.45) is 4.95. The minimum atomic E-state index is -0.783. The third-order valence-corrected chi connectivity index (χ3v) is 4.13. The molecule has 110 valence electrons. The lowest BCUT2D eigenvalue weighted by molar-refractivity contribution is -0.137. The van der Waals surface area contributed by atoms with E-state index in [1.165, 1.54) is 12.8 Å². The van der Waals surface area contributed by atoms with Gasteiger partial charge in [-0.15, -0.1) is 0 Å². The van der Waals surface area contributed by atoms with Crippen molar-refractivity contribution in [2.75, 3.05) is 6.54 Å². The van der Waals surface area contributed by atoms with Crippen molar-refractivity contribution in [3.63, 3.8) is 0 Å². The van der Waals surface area contributed by atoms with Crippen LogP contribution >= 0.6 is 0 Å². The van der Waals surface area contributed by atoms with Crippen LogP contribution in [0.1, 0.15) is 52.4 Å². The first kappa shape index (κ1) is 15.8. The Balaban J connectivity index is 2.14. The summed E-state index contributed by atoms with van der Waals surface area (Å²) in [6, 6.07) is 0.143. The van der Waals surface area contributed by atoms with E-state index in [2.05, 4.69) is 24.5 Å². The molecule has 1 aliphatic rings. The largest absolute Gasteiger partial charge is 0.481 e. The number of carbonyl (C=O) groups is 2. The van der Waals surface area contributed by atoms with Crippen LogP contribution in [0.2, 0.25) is 0 Å². The first-order valence-electron chi connectivity index (χ1n) is 7.27. The van der Waals surface area contributed by atoms with Gasteiger partial charge >= 0.3 is 12.0 Å². The molecule has 3 N–H and O–H groups in total. The molecule has 5 heteroatoms. The molecular formula is C14H26N2O3. The summed E-state index contributed by atoms with van der Waals surface area (Å²) >= 11 is 0. The first-order chi connectivity index (χ1) is 9.00. The highest BCUT2D eigenvalue weighted by molar-refractivity contribution is 5.74. The van der Waals surface area contributed by atoms with Crippen molar-refractivity contribution < 1.29 is 14.7 Å². The Morgan fingerprint density at radius 3 is 2.63 bits per heavy atom. The van der Waals surface area contributed by atoms with Crippen LogP contribution in [0.5, 0.6) is 0 Å². The normalized spacial score (nSPS) is 26.7. The molecule has 0 heterocycles. The number of amides is 2. The van der Waals surface area contributed by atoms with Crippen LogP contribution in [0.3, 0.4) is 0 Å². The zero-order valence-electron chi connectivity index (χ0n) is 11.9. The molecule has 0 saturated heterocycles. The molecule has 1 fully saturated rings. The average molecular weight is 270 g/mol. The lowest BCUT2D eigenvalue weighted by Crippen LogP contribution is -2.48. The number of hydrogen-bond donors (Lipinski definition) is 3. The van der Waals surface area contributed by atoms with Crippen molar-refractivity contribution in [3.8, 4) is 0 Å². The Morgan fingerprint density at radius 2 is 1.95 bits per heavy atom. The Morgan fingerprint density at radius 1 is 1.21 bits per heavy atom. The van der Waals surface area contributed by atoms with Gasteiger partial charge in [-0.25, -0.2) is 4.79 Å². The Kier molecular flexibility index (Phi) is 6.67. The molecule has 1 saturated carbocycles. The molecule has 2 amide bonds. The van der Waals surface area contributed by atoms with Crippen molar-refractivity contribution in [2.24, 2.45) is 11.8 Å². The minimum Gasteiger partial charge on any atom is -0.481 e. The number of aliphatic carboxylic acids is 1. The van der Waals surface area contributed by atoms with E-state index in [9.17, 15) is 9.59 Å². The van der Waals surface area contributed by atoms with Crippen molar-refractivity contribution in [1.29, 1.82) is 0 Å². The topological polar surface area (TPSA) is 78.4 Å². The number of hydrogen-bond acceptors (Lipinski definition) is 2. The van der Waals surface area contributed by atoms with E-state index in [0.717, 1.165) is 6.42 Å². The second-order valence-corrected chi connectivity index (χ2v) is 5.62. The zero-order valence-corrected chi connectivity index (χ0v) is 11.9. The number of nitrogens with one attached hydrogen (secondary N) is 2. The lowest BCUT2D eigenvalue weighted by Gasteiger charge is -2.34. The Bertz CT molecular complexity index is 307. The molecular weight excluding hydrogens is 244 g/mol. The molecule has 1 aliphatic carbocycles. The van der Waals surface area contributed by atoms with Crippen LogP contribution in [-0.4, -0.2) is 29.7 Å². The van der Waals surface area contributed by atoms with E-state index in [0.29, 0.717) is 31.2 Å². The smallest absolute Gasteiger partial charge is 0.315 e. The van der Waals surface area contributed by atoms with Gasteiger partial charge in [0.05, 0.1) is 0 Å². The van der Waals surface area contributed by atoms with Crippen LogP contribution in [0.4, 0.5) is 4.79 Å². The standard InChI is InChI=1S/C14H26N2O3/c1-10-6-5-7-12(11(10)2)16-14(19)15-9-4-3-8-13(17)18/h10-12H,3-9H2,1-2H3,(H,17,18)(H2,15,16,19). The molecule has 0 aromatic rings. The van der Waals surface area contributed by atoms with Gasteiger partial charge in [-0.3, -0.25) is 4.79 Å². The van der Waals surface area contributed by atoms with Gasteiger partial charge in [-0.05, 0) is 31.1 Å². The van der Waals surface area contributed by atoms with E-state index in [-0.39, 0.29) is 18.5 Å². The summed E-state index contributed by atoms with van der Waals surface area (Å²) in [6.45, 7) is 4.97. The van der Waals surface area contributed by atoms with E-state index in [1.54, 1.807) is 0 Å². The predicted octanol–water partition coefficient (Wildman–Crippen LogP) is 2.37. The molecule has 0 spiro atoms. The molecule has 0 bridgehead atoms. The fraction of sp³-hybridized carbons (Fsp3) is 0.857. The third-order valence-electron chi connectivity index (χ3n) is 4.13. The van der Waals surface area contributed by atoms with Crippen molar-refractivity contribution in [1.82, 2.24) is 10.6 Å². The van der Waals surface area contributed by atoms with E-state index >= 15 is 0 Å². The maximum atomic E-state index is 11.7. The summed E-state index contributed by atoms with van der Waals surface area (Å²) in [5.41, 5.74) is 0. The molecule has 0 radical (unpaired) electrons. The second-order valence-electron chi connectivity index (χ2n) is 5.62. The maximum Gasteiger partial charge on any atom is 0.315 e. The van der Waals surface area contributed by atoms with Gasteiger partial charge < -0.3 is 15.7 Å². The molecule has 0 aromatic heterocycles. The van der Waals surface area contributed by atoms with Gasteiger partial charge in [-0.2, -0.15) is 0 Å². The Labute approximate surface area is 115 Å². The molecule has 19 heavy (non-hydrogen) atoms. The molecule has 1 rings (SSSR count). The van der Waals surface area contributed by atoms with E-state index in [1.807, 2.05) is 0 Å². The number of unbranched alkanes of at least 4 members (excludes halogenated alkanes) is 1. The van der Waals surface area contributed by atoms with Gasteiger partial charge in [0.25, 0.3) is 0 Å². The summed E-state index contributed by atoms with van der Waals surface area (Å²) in [7, 11) is 0. The number of rotatable bonds is 6. The van der Waals surface area contributed by atoms with Gasteiger partial charge in [0.15, 0.2) is 0 Å². The van der Waals surface area contributed by atoms with Crippen LogP contribution in [0, 0.1) is 11.8 Å². The van der Waals surface area contributed by atoms with E-state index in [4.69, 9.17) is 5.11 Å². The van der Waals surface area contributed by atoms with Crippen molar-refractivity contribution in [3.05, 3.63) is 0 Å². The molecule has 0 aromatic carbocycles. The highest BCUT2D eigenvalue weighted by Gasteiger charge is 2.27. The predicted molar refractivity (Wildman–Crippen MR) is 74.0 cm³/mol. The minimum absolute atomic E-state index is 0.124. The molecule has 5 nitrogen and oxygen atoms in total. The summed E-state index contributed by atoms with van der Waals surface area (Å²) in [5.74, 6) is 0.399. The lowest BCUT2D eigenvalue weighted by atomic mass is 9.78. The fourth-order valence-electron chi connectivity index (χ4n) is 2.61. The highest BCUT2D eigenvalue weighted by atomic mass is 16.4. The zero-order chi connectivity index (χ0) is 14.3. The van der Waals surface area contributed by atoms with Crippen LogP contribution in [0.15, 0.2) is 0 Å². The van der Waals surface area contributed by atoms with Crippen LogP contribution < -0.4 is 10.6 Å². The average Bonchev–Trinajstić information content (AvgIpc) is 2.34. The third kappa shape index (κ3) is 5.94. The first-order valence-corrected chi connectivity index (χ1v) is 7.27. The number of carboxylic acids is 1. The monoisotopic (exact) mass is 270 g/mol. The SMILES string of the molecule is CC1CCCC(NC(=O)NCCCCC(=O)O)C1C. The Hall–Kier alpha value is -1.26. The second kappa shape index (κ2) is 8.02. The van der Waals surface area contributed by atoms with E-state index < -0.39 is 5.97 Å². The number of urea groups is 1. The van der Waals surface area contributed by atoms with Gasteiger partial charge in [0.2, 0.25) is 0 Å². The molecule has 3 unspecified atom stereocenters. The summed E-state index contributed by atoms with van der Waals surface area (Å²) < 4.78 is 0. The van der Waals surface area contributed by atoms with Crippen LogP contribution in [-0.2, 0) is 4.79 Å². The van der Waals surface area contributed by atoms with Crippen molar-refractivity contribution >= 4 is 12.0 Å². The van der Waals surface area contributed by atoms with Gasteiger partial charge in [0, 0.05) is 19.0 Å². The van der Waals surface area contributed by atoms with Gasteiger partial charge in [0.1, 0.15) is 0 Å². The van der Waals surface area contributed by atoms with Crippen LogP contribution in [0.25, 0.3) is 0 Å². The maximum absolute atomic E-state index is 11.7. The number of carbonyl (C=O) groups excluding carboxylic acids is 1. The fourth-order valence-corrected chi connectivity index (χ4v) is 2.61. The van der Waals surface area contributed by atoms with Crippen molar-refractivity contribution in [2.45, 2.75) is 58.4 Å². The highest BCUT2D eigenvalue weighted by Crippen LogP contribution is 2.29. The number of carboxylic acid groups (broad SMARTS) is 1. The molecule has 0 aliphatic heterocycles. The quantitative estimate of drug-likeness (QED) is 0.648. The van der Waals surface area contributed by atoms with Gasteiger partial charge in [-0.1, -0.05) is 26.7 Å². The molecule has 3 atom stereocenters. The summed E-state index contributed by atoms with van der Waals surface area (Å²) in [5, 5.41) is 14.3. The summed E-state index contributed by atoms with van der Waals surface area (Å²) in [4.78, 5) is 22.0.